The molecule has 0 unspecified atom stereocenters. The summed E-state index contributed by atoms with van der Waals surface area (Å²) in [7, 11) is 0. The van der Waals surface area contributed by atoms with Crippen LogP contribution in [0.1, 0.15) is 46.8 Å². The van der Waals surface area contributed by atoms with Crippen molar-refractivity contribution in [2.45, 2.75) is 45.8 Å². The molecule has 0 aliphatic carbocycles. The van der Waals surface area contributed by atoms with Crippen molar-refractivity contribution in [3.63, 3.8) is 0 Å². The summed E-state index contributed by atoms with van der Waals surface area (Å²) in [6.07, 6.45) is 2.52. The van der Waals surface area contributed by atoms with Gasteiger partial charge in [-0.15, -0.1) is 5.10 Å². The Balaban J connectivity index is 1.57. The van der Waals surface area contributed by atoms with Gasteiger partial charge in [-0.25, -0.2) is 4.68 Å². The average molecular weight is 467 g/mol. The van der Waals surface area contributed by atoms with Gasteiger partial charge in [0, 0.05) is 22.8 Å². The quantitative estimate of drug-likeness (QED) is 0.415. The first-order chi connectivity index (χ1) is 17.0. The minimum absolute atomic E-state index is 0.144. The molecule has 0 bridgehead atoms. The number of aromatic amines is 1. The van der Waals surface area contributed by atoms with Gasteiger partial charge < -0.3 is 14.3 Å². The highest BCUT2D eigenvalue weighted by Gasteiger charge is 2.38. The Hall–Kier alpha value is -4.20. The number of pyridine rings is 1. The zero-order chi connectivity index (χ0) is 24.1. The zero-order valence-electron chi connectivity index (χ0n) is 19.9. The molecule has 1 aliphatic heterocycles. The van der Waals surface area contributed by atoms with E-state index in [1.165, 1.54) is 11.1 Å². The van der Waals surface area contributed by atoms with Crippen molar-refractivity contribution in [3.05, 3.63) is 105 Å². The molecular formula is C27H26N6O2. The van der Waals surface area contributed by atoms with Gasteiger partial charge >= 0.3 is 0 Å². The van der Waals surface area contributed by atoms with Gasteiger partial charge in [0.25, 0.3) is 5.56 Å². The number of anilines is 1. The van der Waals surface area contributed by atoms with Crippen LogP contribution in [0.2, 0.25) is 0 Å². The topological polar surface area (TPSA) is 92.8 Å². The van der Waals surface area contributed by atoms with Crippen LogP contribution in [0, 0.1) is 13.8 Å². The van der Waals surface area contributed by atoms with Crippen molar-refractivity contribution in [3.8, 4) is 0 Å². The summed E-state index contributed by atoms with van der Waals surface area (Å²) >= 11 is 0. The van der Waals surface area contributed by atoms with E-state index in [9.17, 15) is 4.79 Å². The second kappa shape index (κ2) is 8.23. The van der Waals surface area contributed by atoms with Crippen LogP contribution in [0.25, 0.3) is 10.9 Å². The van der Waals surface area contributed by atoms with Crippen LogP contribution < -0.4 is 10.5 Å². The third kappa shape index (κ3) is 3.62. The lowest BCUT2D eigenvalue weighted by Gasteiger charge is -2.33. The van der Waals surface area contributed by atoms with E-state index in [4.69, 9.17) is 4.42 Å². The van der Waals surface area contributed by atoms with Crippen LogP contribution in [0.3, 0.4) is 0 Å². The van der Waals surface area contributed by atoms with Crippen molar-refractivity contribution in [1.82, 2.24) is 25.2 Å². The predicted octanol–water partition coefficient (Wildman–Crippen LogP) is 4.31. The zero-order valence-corrected chi connectivity index (χ0v) is 19.9. The van der Waals surface area contributed by atoms with E-state index in [1.54, 1.807) is 10.9 Å². The Bertz CT molecular complexity index is 1580. The van der Waals surface area contributed by atoms with Crippen LogP contribution in [0.5, 0.6) is 0 Å². The molecule has 0 amide bonds. The van der Waals surface area contributed by atoms with Gasteiger partial charge in [-0.1, -0.05) is 18.2 Å². The Labute approximate surface area is 202 Å². The summed E-state index contributed by atoms with van der Waals surface area (Å²) in [6.45, 7) is 6.69. The summed E-state index contributed by atoms with van der Waals surface area (Å²) in [6, 6.07) is 17.9. The lowest BCUT2D eigenvalue weighted by Crippen LogP contribution is -2.38. The van der Waals surface area contributed by atoms with Crippen molar-refractivity contribution >= 4 is 16.6 Å². The monoisotopic (exact) mass is 466 g/mol. The second-order valence-corrected chi connectivity index (χ2v) is 9.34. The van der Waals surface area contributed by atoms with Crippen LogP contribution in [-0.4, -0.2) is 31.2 Å². The third-order valence-corrected chi connectivity index (χ3v) is 7.01. The number of nitrogens with zero attached hydrogens (tertiary/aromatic N) is 5. The summed E-state index contributed by atoms with van der Waals surface area (Å²) in [5, 5.41) is 13.7. The van der Waals surface area contributed by atoms with Crippen LogP contribution in [-0.2, 0) is 13.0 Å². The second-order valence-electron chi connectivity index (χ2n) is 9.34. The molecule has 1 aliphatic rings. The number of rotatable bonds is 5. The Kier molecular flexibility index (Phi) is 5.02. The number of benzene rings is 2. The van der Waals surface area contributed by atoms with Crippen LogP contribution >= 0.6 is 0 Å². The molecule has 6 rings (SSSR count). The molecule has 8 heteroatoms. The molecule has 3 aromatic heterocycles. The van der Waals surface area contributed by atoms with E-state index >= 15 is 0 Å². The van der Waals surface area contributed by atoms with Crippen molar-refractivity contribution in [2.24, 2.45) is 0 Å². The number of fused-ring (bicyclic) bond motifs is 2. The Morgan fingerprint density at radius 1 is 1.11 bits per heavy atom. The maximum atomic E-state index is 13.6. The number of nitrogens with one attached hydrogen (secondary N) is 1. The minimum Gasteiger partial charge on any atom is -0.467 e. The molecule has 0 radical (unpaired) electrons. The molecule has 5 aromatic rings. The molecule has 176 valence electrons. The standard InChI is InChI=1S/C27H26N6O2/c1-16-11-20-14-22(27(34)28-23(20)12-17(16)2)25(33-18(3)13-19-7-4-5-9-24(19)33)26-29-30-31-32(26)15-21-8-6-10-35-21/h4-12,14,18,25H,13,15H2,1-3H3,(H,28,34)/t18-,25+/m1/s1. The molecule has 0 fully saturated rings. The average Bonchev–Trinajstić information content (AvgIpc) is 3.58. The Morgan fingerprint density at radius 2 is 1.94 bits per heavy atom. The van der Waals surface area contributed by atoms with Gasteiger partial charge in [0.2, 0.25) is 0 Å². The number of hydrogen-bond acceptors (Lipinski definition) is 6. The molecule has 2 aromatic carbocycles. The smallest absolute Gasteiger partial charge is 0.254 e. The lowest BCUT2D eigenvalue weighted by atomic mass is 10.00. The highest BCUT2D eigenvalue weighted by atomic mass is 16.3. The molecule has 1 N–H and O–H groups in total. The fourth-order valence-electron chi connectivity index (χ4n) is 5.16. The third-order valence-electron chi connectivity index (χ3n) is 7.01. The summed E-state index contributed by atoms with van der Waals surface area (Å²) < 4.78 is 7.28. The number of tetrazole rings is 1. The van der Waals surface area contributed by atoms with E-state index < -0.39 is 6.04 Å². The van der Waals surface area contributed by atoms with Gasteiger partial charge in [-0.2, -0.15) is 0 Å². The Morgan fingerprint density at radius 3 is 2.77 bits per heavy atom. The lowest BCUT2D eigenvalue weighted by molar-refractivity contribution is 0.460. The number of aryl methyl sites for hydroxylation is 2. The molecule has 2 atom stereocenters. The van der Waals surface area contributed by atoms with E-state index in [0.29, 0.717) is 17.9 Å². The van der Waals surface area contributed by atoms with E-state index in [-0.39, 0.29) is 11.6 Å². The van der Waals surface area contributed by atoms with Crippen molar-refractivity contribution < 1.29 is 4.42 Å². The SMILES string of the molecule is Cc1cc2cc([C@@H](c3nnnn3Cc3ccco3)N3c4ccccc4C[C@H]3C)c(=O)[nH]c2cc1C. The van der Waals surface area contributed by atoms with Crippen LogP contribution in [0.15, 0.2) is 70.1 Å². The first-order valence-corrected chi connectivity index (χ1v) is 11.8. The van der Waals surface area contributed by atoms with Gasteiger partial charge in [0.05, 0.1) is 6.26 Å². The molecule has 35 heavy (non-hydrogen) atoms. The van der Waals surface area contributed by atoms with E-state index in [0.717, 1.165) is 34.3 Å². The van der Waals surface area contributed by atoms with Gasteiger partial charge in [0.15, 0.2) is 5.82 Å². The van der Waals surface area contributed by atoms with E-state index in [1.807, 2.05) is 30.3 Å². The minimum atomic E-state index is -0.478. The highest BCUT2D eigenvalue weighted by Crippen LogP contribution is 2.40. The molecule has 8 nitrogen and oxygen atoms in total. The summed E-state index contributed by atoms with van der Waals surface area (Å²) in [4.78, 5) is 19.0. The maximum absolute atomic E-state index is 13.6. The molecular weight excluding hydrogens is 440 g/mol. The first-order valence-electron chi connectivity index (χ1n) is 11.8. The van der Waals surface area contributed by atoms with Gasteiger partial charge in [-0.05, 0) is 96.1 Å². The summed E-state index contributed by atoms with van der Waals surface area (Å²) in [5.74, 6) is 1.34. The molecule has 4 heterocycles. The fraction of sp³-hybridized carbons (Fsp3) is 0.259. The van der Waals surface area contributed by atoms with Crippen molar-refractivity contribution in [2.75, 3.05) is 4.90 Å². The largest absolute Gasteiger partial charge is 0.467 e. The first kappa shape index (κ1) is 21.3. The number of aromatic nitrogens is 5. The normalized spacial score (nSPS) is 16.1. The molecule has 0 saturated heterocycles. The van der Waals surface area contributed by atoms with Gasteiger partial charge in [0.1, 0.15) is 18.3 Å². The van der Waals surface area contributed by atoms with Gasteiger partial charge in [-0.3, -0.25) is 4.79 Å². The van der Waals surface area contributed by atoms with E-state index in [2.05, 4.69) is 70.4 Å². The predicted molar refractivity (Wildman–Crippen MR) is 134 cm³/mol. The maximum Gasteiger partial charge on any atom is 0.254 e. The number of furan rings is 1. The fourth-order valence-corrected chi connectivity index (χ4v) is 5.16. The van der Waals surface area contributed by atoms with Crippen molar-refractivity contribution in [1.29, 1.82) is 0 Å². The number of para-hydroxylation sites is 1. The van der Waals surface area contributed by atoms with Crippen LogP contribution in [0.4, 0.5) is 5.69 Å². The highest BCUT2D eigenvalue weighted by molar-refractivity contribution is 5.81. The number of hydrogen-bond donors (Lipinski definition) is 1. The number of H-pyrrole nitrogens is 1. The molecule has 0 spiro atoms. The summed E-state index contributed by atoms with van der Waals surface area (Å²) in [5.41, 5.74) is 5.95. The molecule has 0 saturated carbocycles.